The highest BCUT2D eigenvalue weighted by Gasteiger charge is 2.26. The maximum Gasteiger partial charge on any atom is 0.363 e. The molecule has 5 nitrogen and oxygen atoms in total. The Morgan fingerprint density at radius 2 is 1.92 bits per heavy atom. The number of nitrogens with zero attached hydrogens (tertiary/aromatic N) is 1. The predicted molar refractivity (Wildman–Crippen MR) is 86.6 cm³/mol. The number of esters is 1. The zero-order chi connectivity index (χ0) is 17.1. The van der Waals surface area contributed by atoms with Gasteiger partial charge in [0.15, 0.2) is 5.70 Å². The van der Waals surface area contributed by atoms with Gasteiger partial charge in [-0.25, -0.2) is 14.2 Å². The fraction of sp³-hybridized carbons (Fsp3) is 0.111. The van der Waals surface area contributed by atoms with Gasteiger partial charge >= 0.3 is 5.97 Å². The van der Waals surface area contributed by atoms with E-state index in [-0.39, 0.29) is 17.2 Å². The highest BCUT2D eigenvalue weighted by molar-refractivity contribution is 6.13. The lowest BCUT2D eigenvalue weighted by Crippen LogP contribution is -2.07. The van der Waals surface area contributed by atoms with Crippen LogP contribution in [0.5, 0.6) is 11.5 Å². The van der Waals surface area contributed by atoms with Crippen LogP contribution in [0, 0.1) is 5.82 Å². The molecule has 122 valence electrons. The van der Waals surface area contributed by atoms with E-state index in [1.54, 1.807) is 30.3 Å². The van der Waals surface area contributed by atoms with E-state index in [0.717, 1.165) is 0 Å². The number of cyclic esters (lactones) is 1. The first-order valence-electron chi connectivity index (χ1n) is 7.12. The van der Waals surface area contributed by atoms with E-state index < -0.39 is 11.8 Å². The van der Waals surface area contributed by atoms with Crippen LogP contribution in [0.15, 0.2) is 53.2 Å². The summed E-state index contributed by atoms with van der Waals surface area (Å²) in [6, 6.07) is 11.1. The molecule has 0 saturated heterocycles. The summed E-state index contributed by atoms with van der Waals surface area (Å²) in [6.07, 6.45) is 1.51. The van der Waals surface area contributed by atoms with Gasteiger partial charge in [-0.05, 0) is 36.4 Å². The van der Waals surface area contributed by atoms with E-state index in [1.807, 2.05) is 0 Å². The van der Waals surface area contributed by atoms with Crippen LogP contribution in [0.1, 0.15) is 11.1 Å². The number of aliphatic imine (C=N–C) groups is 1. The lowest BCUT2D eigenvalue weighted by Gasteiger charge is -2.07. The van der Waals surface area contributed by atoms with Crippen molar-refractivity contribution in [3.05, 3.63) is 65.1 Å². The number of hydrogen-bond donors (Lipinski definition) is 0. The van der Waals surface area contributed by atoms with E-state index in [1.165, 1.54) is 32.4 Å². The van der Waals surface area contributed by atoms with Gasteiger partial charge in [0.2, 0.25) is 5.90 Å². The van der Waals surface area contributed by atoms with Crippen molar-refractivity contribution in [2.45, 2.75) is 0 Å². The Kier molecular flexibility index (Phi) is 4.29. The fourth-order valence-corrected chi connectivity index (χ4v) is 2.26. The van der Waals surface area contributed by atoms with Crippen molar-refractivity contribution in [1.29, 1.82) is 0 Å². The summed E-state index contributed by atoms with van der Waals surface area (Å²) < 4.78 is 29.3. The van der Waals surface area contributed by atoms with Gasteiger partial charge in [0.05, 0.1) is 19.8 Å². The molecule has 1 heterocycles. The average molecular weight is 327 g/mol. The van der Waals surface area contributed by atoms with Crippen LogP contribution in [0.25, 0.3) is 6.08 Å². The Morgan fingerprint density at radius 3 is 2.62 bits per heavy atom. The van der Waals surface area contributed by atoms with E-state index in [9.17, 15) is 9.18 Å². The molecule has 0 spiro atoms. The normalized spacial score (nSPS) is 15.2. The predicted octanol–water partition coefficient (Wildman–Crippen LogP) is 3.19. The number of hydrogen-bond acceptors (Lipinski definition) is 5. The molecule has 1 aliphatic heterocycles. The van der Waals surface area contributed by atoms with Gasteiger partial charge in [-0.15, -0.1) is 0 Å². The molecule has 0 aromatic heterocycles. The molecule has 1 aliphatic rings. The number of halogens is 1. The van der Waals surface area contributed by atoms with Gasteiger partial charge in [0.1, 0.15) is 17.3 Å². The molecule has 0 atom stereocenters. The number of ether oxygens (including phenoxy) is 3. The Labute approximate surface area is 138 Å². The van der Waals surface area contributed by atoms with Gasteiger partial charge < -0.3 is 14.2 Å². The highest BCUT2D eigenvalue weighted by atomic mass is 19.1. The molecule has 0 amide bonds. The largest absolute Gasteiger partial charge is 0.497 e. The summed E-state index contributed by atoms with van der Waals surface area (Å²) in [5.74, 6) is -0.0773. The molecule has 0 N–H and O–H groups in total. The molecule has 6 heteroatoms. The summed E-state index contributed by atoms with van der Waals surface area (Å²) in [7, 11) is 3.06. The summed E-state index contributed by atoms with van der Waals surface area (Å²) in [4.78, 5) is 16.1. The van der Waals surface area contributed by atoms with Crippen LogP contribution in [0.4, 0.5) is 4.39 Å². The standard InChI is InChI=1S/C18H14FNO4/c1-22-12-7-8-16(23-2)11(9-12)10-15-18(21)24-17(20-15)13-5-3-4-6-14(13)19/h3-10H,1-2H3/b15-10+. The summed E-state index contributed by atoms with van der Waals surface area (Å²) in [5.41, 5.74) is 0.786. The van der Waals surface area contributed by atoms with Gasteiger partial charge in [-0.3, -0.25) is 0 Å². The number of benzene rings is 2. The first-order chi connectivity index (χ1) is 11.6. The fourth-order valence-electron chi connectivity index (χ4n) is 2.26. The lowest BCUT2D eigenvalue weighted by molar-refractivity contribution is -0.129. The first-order valence-corrected chi connectivity index (χ1v) is 7.12. The molecule has 0 bridgehead atoms. The second-order valence-electron chi connectivity index (χ2n) is 4.92. The van der Waals surface area contributed by atoms with Crippen LogP contribution in [0.2, 0.25) is 0 Å². The van der Waals surface area contributed by atoms with Crippen LogP contribution in [-0.2, 0) is 9.53 Å². The molecule has 2 aromatic carbocycles. The smallest absolute Gasteiger partial charge is 0.363 e. The van der Waals surface area contributed by atoms with E-state index in [2.05, 4.69) is 4.99 Å². The maximum absolute atomic E-state index is 13.8. The van der Waals surface area contributed by atoms with Gasteiger partial charge in [-0.1, -0.05) is 12.1 Å². The van der Waals surface area contributed by atoms with Gasteiger partial charge in [0, 0.05) is 5.56 Å². The zero-order valence-corrected chi connectivity index (χ0v) is 13.1. The van der Waals surface area contributed by atoms with Crippen LogP contribution in [0.3, 0.4) is 0 Å². The summed E-state index contributed by atoms with van der Waals surface area (Å²) >= 11 is 0. The molecule has 0 unspecified atom stereocenters. The SMILES string of the molecule is COc1ccc(OC)c(/C=C2/N=C(c3ccccc3F)OC2=O)c1. The summed E-state index contributed by atoms with van der Waals surface area (Å²) in [6.45, 7) is 0. The molecule has 0 saturated carbocycles. The van der Waals surface area contributed by atoms with Crippen LogP contribution < -0.4 is 9.47 Å². The molecule has 0 aliphatic carbocycles. The first kappa shape index (κ1) is 15.7. The molecular weight excluding hydrogens is 313 g/mol. The monoisotopic (exact) mass is 327 g/mol. The van der Waals surface area contributed by atoms with Gasteiger partial charge in [-0.2, -0.15) is 0 Å². The average Bonchev–Trinajstić information content (AvgIpc) is 2.95. The third kappa shape index (κ3) is 2.99. The van der Waals surface area contributed by atoms with Crippen molar-refractivity contribution in [1.82, 2.24) is 0 Å². The topological polar surface area (TPSA) is 57.1 Å². The Morgan fingerprint density at radius 1 is 1.12 bits per heavy atom. The van der Waals surface area contributed by atoms with Crippen molar-refractivity contribution >= 4 is 17.9 Å². The molecular formula is C18H14FNO4. The molecule has 2 aromatic rings. The minimum Gasteiger partial charge on any atom is -0.497 e. The zero-order valence-electron chi connectivity index (χ0n) is 13.1. The van der Waals surface area contributed by atoms with Crippen molar-refractivity contribution in [3.8, 4) is 11.5 Å². The van der Waals surface area contributed by atoms with Crippen molar-refractivity contribution in [2.24, 2.45) is 4.99 Å². The van der Waals surface area contributed by atoms with Crippen molar-refractivity contribution in [2.75, 3.05) is 14.2 Å². The maximum atomic E-state index is 13.8. The minimum absolute atomic E-state index is 0.0554. The highest BCUT2D eigenvalue weighted by Crippen LogP contribution is 2.28. The molecule has 0 radical (unpaired) electrons. The van der Waals surface area contributed by atoms with Gasteiger partial charge in [0.25, 0.3) is 0 Å². The quantitative estimate of drug-likeness (QED) is 0.639. The molecule has 3 rings (SSSR count). The van der Waals surface area contributed by atoms with Crippen molar-refractivity contribution < 1.29 is 23.4 Å². The van der Waals surface area contributed by atoms with E-state index in [0.29, 0.717) is 17.1 Å². The van der Waals surface area contributed by atoms with E-state index >= 15 is 0 Å². The number of carbonyl (C=O) groups is 1. The third-order valence-electron chi connectivity index (χ3n) is 3.45. The summed E-state index contributed by atoms with van der Waals surface area (Å²) in [5, 5.41) is 0. The number of carbonyl (C=O) groups excluding carboxylic acids is 1. The Bertz CT molecular complexity index is 858. The Hall–Kier alpha value is -3.15. The minimum atomic E-state index is -0.655. The third-order valence-corrected chi connectivity index (χ3v) is 3.45. The molecule has 24 heavy (non-hydrogen) atoms. The van der Waals surface area contributed by atoms with E-state index in [4.69, 9.17) is 14.2 Å². The number of rotatable bonds is 4. The lowest BCUT2D eigenvalue weighted by atomic mass is 10.1. The number of methoxy groups -OCH3 is 2. The second-order valence-corrected chi connectivity index (χ2v) is 4.92. The van der Waals surface area contributed by atoms with Crippen LogP contribution in [-0.4, -0.2) is 26.1 Å². The second kappa shape index (κ2) is 6.54. The van der Waals surface area contributed by atoms with Crippen LogP contribution >= 0.6 is 0 Å². The molecule has 0 fully saturated rings. The van der Waals surface area contributed by atoms with Crippen molar-refractivity contribution in [3.63, 3.8) is 0 Å². The Balaban J connectivity index is 2.02.